The first-order valence-electron chi connectivity index (χ1n) is 10.2. The molecule has 1 saturated heterocycles. The number of rotatable bonds is 1. The molecule has 0 atom stereocenters. The Balaban J connectivity index is 0.00000204. The molecule has 9 heteroatoms. The molecule has 31 heavy (non-hydrogen) atoms. The van der Waals surface area contributed by atoms with Gasteiger partial charge in [0.2, 0.25) is 5.95 Å². The van der Waals surface area contributed by atoms with Gasteiger partial charge < -0.3 is 15.0 Å². The van der Waals surface area contributed by atoms with E-state index in [1.807, 2.05) is 24.3 Å². The van der Waals surface area contributed by atoms with Gasteiger partial charge in [-0.25, -0.2) is 4.39 Å². The number of benzene rings is 2. The van der Waals surface area contributed by atoms with E-state index in [1.165, 1.54) is 6.07 Å². The third-order valence-electron chi connectivity index (χ3n) is 6.51. The fourth-order valence-corrected chi connectivity index (χ4v) is 5.16. The van der Waals surface area contributed by atoms with E-state index in [0.29, 0.717) is 13.2 Å². The number of piperidine rings is 1. The van der Waals surface area contributed by atoms with Crippen LogP contribution in [0.5, 0.6) is 0 Å². The molecular formula is C22H22Cl2FN5O. The lowest BCUT2D eigenvalue weighted by Gasteiger charge is -2.39. The summed E-state index contributed by atoms with van der Waals surface area (Å²) in [6, 6.07) is 10.9. The van der Waals surface area contributed by atoms with Crippen LogP contribution in [0, 0.1) is 5.82 Å². The number of anilines is 1. The summed E-state index contributed by atoms with van der Waals surface area (Å²) >= 11 is 6.22. The van der Waals surface area contributed by atoms with Crippen LogP contribution in [0.4, 0.5) is 10.3 Å². The molecule has 2 aromatic carbocycles. The van der Waals surface area contributed by atoms with Gasteiger partial charge in [-0.05, 0) is 59.9 Å². The Morgan fingerprint density at radius 2 is 1.87 bits per heavy atom. The molecule has 1 aromatic heterocycles. The monoisotopic (exact) mass is 461 g/mol. The molecule has 162 valence electrons. The molecule has 6 rings (SSSR count). The second kappa shape index (κ2) is 7.74. The minimum atomic E-state index is -0.400. The van der Waals surface area contributed by atoms with Crippen molar-refractivity contribution in [2.45, 2.75) is 38.1 Å². The first kappa shape index (κ1) is 20.7. The summed E-state index contributed by atoms with van der Waals surface area (Å²) in [5, 5.41) is 13.1. The maximum absolute atomic E-state index is 13.9. The highest BCUT2D eigenvalue weighted by Crippen LogP contribution is 2.45. The van der Waals surface area contributed by atoms with E-state index < -0.39 is 5.60 Å². The second-order valence-electron chi connectivity index (χ2n) is 8.20. The first-order valence-corrected chi connectivity index (χ1v) is 10.6. The Bertz CT molecular complexity index is 1140. The molecule has 0 radical (unpaired) electrons. The summed E-state index contributed by atoms with van der Waals surface area (Å²) in [7, 11) is 0. The van der Waals surface area contributed by atoms with Gasteiger partial charge in [0.1, 0.15) is 5.82 Å². The number of aromatic nitrogens is 3. The van der Waals surface area contributed by atoms with Gasteiger partial charge >= 0.3 is 0 Å². The Kier molecular flexibility index (Phi) is 5.17. The van der Waals surface area contributed by atoms with Gasteiger partial charge in [-0.3, -0.25) is 4.57 Å². The fourth-order valence-electron chi connectivity index (χ4n) is 4.97. The quantitative estimate of drug-likeness (QED) is 0.590. The maximum Gasteiger partial charge on any atom is 0.231 e. The molecule has 0 bridgehead atoms. The Morgan fingerprint density at radius 3 is 2.71 bits per heavy atom. The molecule has 1 N–H and O–H groups in total. The molecule has 1 fully saturated rings. The minimum Gasteiger partial charge on any atom is -0.365 e. The van der Waals surface area contributed by atoms with Crippen LogP contribution in [0.2, 0.25) is 5.02 Å². The number of nitrogens with zero attached hydrogens (tertiary/aromatic N) is 4. The van der Waals surface area contributed by atoms with E-state index >= 15 is 0 Å². The van der Waals surface area contributed by atoms with Crippen molar-refractivity contribution in [3.8, 4) is 5.69 Å². The number of nitrogens with one attached hydrogen (secondary N) is 1. The van der Waals surface area contributed by atoms with Crippen molar-refractivity contribution in [1.29, 1.82) is 0 Å². The van der Waals surface area contributed by atoms with E-state index in [-0.39, 0.29) is 18.2 Å². The molecule has 3 aromatic rings. The highest BCUT2D eigenvalue weighted by atomic mass is 35.5. The van der Waals surface area contributed by atoms with Gasteiger partial charge in [0.25, 0.3) is 0 Å². The standard InChI is InChI=1S/C22H21ClFN5O.ClH/c23-16-2-4-19-15(9-16)11-25-12-20-26-27-21(29(19)20)28-7-5-22(6-8-28)18-10-17(24)3-1-14(18)13-30-22;/h1-4,9-10,25H,5-8,11-13H2;1H. The van der Waals surface area contributed by atoms with Crippen molar-refractivity contribution in [3.63, 3.8) is 0 Å². The van der Waals surface area contributed by atoms with Crippen molar-refractivity contribution >= 4 is 30.0 Å². The van der Waals surface area contributed by atoms with Crippen LogP contribution < -0.4 is 10.2 Å². The van der Waals surface area contributed by atoms with E-state index in [4.69, 9.17) is 16.3 Å². The van der Waals surface area contributed by atoms with Crippen LogP contribution in [-0.4, -0.2) is 27.9 Å². The molecule has 0 unspecified atom stereocenters. The topological polar surface area (TPSA) is 55.2 Å². The predicted octanol–water partition coefficient (Wildman–Crippen LogP) is 4.11. The highest BCUT2D eigenvalue weighted by Gasteiger charge is 2.43. The van der Waals surface area contributed by atoms with Gasteiger partial charge in [-0.1, -0.05) is 17.7 Å². The van der Waals surface area contributed by atoms with E-state index in [1.54, 1.807) is 6.07 Å². The summed E-state index contributed by atoms with van der Waals surface area (Å²) in [5.74, 6) is 1.52. The number of hydrogen-bond donors (Lipinski definition) is 1. The zero-order chi connectivity index (χ0) is 20.3. The Hall–Kier alpha value is -2.19. The van der Waals surface area contributed by atoms with Crippen LogP contribution in [-0.2, 0) is 30.0 Å². The zero-order valence-corrected chi connectivity index (χ0v) is 18.3. The average Bonchev–Trinajstić information content (AvgIpc) is 3.26. The largest absolute Gasteiger partial charge is 0.365 e. The molecule has 3 aliphatic heterocycles. The first-order chi connectivity index (χ1) is 14.6. The van der Waals surface area contributed by atoms with E-state index in [0.717, 1.165) is 71.6 Å². The van der Waals surface area contributed by atoms with Crippen molar-refractivity contribution in [2.75, 3.05) is 18.0 Å². The number of ether oxygens (including phenoxy) is 1. The van der Waals surface area contributed by atoms with E-state index in [9.17, 15) is 4.39 Å². The number of fused-ring (bicyclic) bond motifs is 5. The van der Waals surface area contributed by atoms with Crippen LogP contribution in [0.15, 0.2) is 36.4 Å². The van der Waals surface area contributed by atoms with Crippen molar-refractivity contribution in [2.24, 2.45) is 0 Å². The Labute approximate surface area is 190 Å². The van der Waals surface area contributed by atoms with Crippen LogP contribution in [0.25, 0.3) is 5.69 Å². The van der Waals surface area contributed by atoms with Gasteiger partial charge in [0.05, 0.1) is 24.4 Å². The Morgan fingerprint density at radius 1 is 1.03 bits per heavy atom. The number of halogens is 3. The molecule has 3 aliphatic rings. The van der Waals surface area contributed by atoms with Gasteiger partial charge in [-0.2, -0.15) is 0 Å². The highest BCUT2D eigenvalue weighted by molar-refractivity contribution is 6.30. The third-order valence-corrected chi connectivity index (χ3v) is 6.75. The maximum atomic E-state index is 13.9. The zero-order valence-electron chi connectivity index (χ0n) is 16.8. The molecule has 6 nitrogen and oxygen atoms in total. The van der Waals surface area contributed by atoms with Crippen molar-refractivity contribution < 1.29 is 9.13 Å². The number of hydrogen-bond acceptors (Lipinski definition) is 5. The van der Waals surface area contributed by atoms with Gasteiger partial charge in [-0.15, -0.1) is 22.6 Å². The van der Waals surface area contributed by atoms with Crippen molar-refractivity contribution in [3.05, 3.63) is 69.8 Å². The predicted molar refractivity (Wildman–Crippen MR) is 118 cm³/mol. The smallest absolute Gasteiger partial charge is 0.231 e. The molecular weight excluding hydrogens is 440 g/mol. The summed E-state index contributed by atoms with van der Waals surface area (Å²) < 4.78 is 22.2. The van der Waals surface area contributed by atoms with E-state index in [2.05, 4.69) is 25.0 Å². The SMILES string of the molecule is Cl.Fc1ccc2c(c1)C1(CCN(c3nnc4n3-c3ccc(Cl)cc3CNC4)CC1)OC2. The van der Waals surface area contributed by atoms with Crippen molar-refractivity contribution in [1.82, 2.24) is 20.1 Å². The summed E-state index contributed by atoms with van der Waals surface area (Å²) in [6.07, 6.45) is 1.58. The lowest BCUT2D eigenvalue weighted by atomic mass is 9.84. The average molecular weight is 462 g/mol. The fraction of sp³-hybridized carbons (Fsp3) is 0.364. The summed E-state index contributed by atoms with van der Waals surface area (Å²) in [6.45, 7) is 3.47. The van der Waals surface area contributed by atoms with Crippen LogP contribution >= 0.6 is 24.0 Å². The van der Waals surface area contributed by atoms with Gasteiger partial charge in [0, 0.05) is 24.7 Å². The normalized spacial score (nSPS) is 18.7. The minimum absolute atomic E-state index is 0. The second-order valence-corrected chi connectivity index (χ2v) is 8.64. The summed E-state index contributed by atoms with van der Waals surface area (Å²) in [4.78, 5) is 2.26. The molecule has 0 amide bonds. The molecule has 0 aliphatic carbocycles. The lowest BCUT2D eigenvalue weighted by molar-refractivity contribution is -0.0553. The van der Waals surface area contributed by atoms with Gasteiger partial charge in [0.15, 0.2) is 5.82 Å². The molecule has 1 spiro atoms. The molecule has 4 heterocycles. The summed E-state index contributed by atoms with van der Waals surface area (Å²) in [5.41, 5.74) is 3.88. The third kappa shape index (κ3) is 3.31. The lowest BCUT2D eigenvalue weighted by Crippen LogP contribution is -2.43. The van der Waals surface area contributed by atoms with Crippen LogP contribution in [0.3, 0.4) is 0 Å². The van der Waals surface area contributed by atoms with Crippen LogP contribution in [0.1, 0.15) is 35.4 Å². The molecule has 0 saturated carbocycles.